The normalized spacial score (nSPS) is 15.9. The van der Waals surface area contributed by atoms with E-state index in [1.807, 2.05) is 12.1 Å². The second kappa shape index (κ2) is 9.69. The molecule has 0 bridgehead atoms. The Hall–Kier alpha value is -1.96. The Balaban J connectivity index is 1.80. The number of carbonyl (C=O) groups is 1. The van der Waals surface area contributed by atoms with Gasteiger partial charge >= 0.3 is 0 Å². The third kappa shape index (κ3) is 5.78. The first-order chi connectivity index (χ1) is 13.9. The van der Waals surface area contributed by atoms with Gasteiger partial charge in [-0.3, -0.25) is 9.78 Å². The van der Waals surface area contributed by atoms with Crippen molar-refractivity contribution in [1.29, 1.82) is 0 Å². The molecule has 0 aliphatic heterocycles. The van der Waals surface area contributed by atoms with Crippen LogP contribution in [0.3, 0.4) is 0 Å². The SMILES string of the molecule is CNS(=O)(=O)c1ccc(Cl)c(C(=O)N[C@@H](Cc2ccncc2)CC2CCCC2)c1. The maximum absolute atomic E-state index is 13.0. The molecule has 8 heteroatoms. The smallest absolute Gasteiger partial charge is 0.253 e. The average Bonchev–Trinajstić information content (AvgIpc) is 3.21. The zero-order valence-electron chi connectivity index (χ0n) is 16.4. The van der Waals surface area contributed by atoms with Crippen LogP contribution in [-0.4, -0.2) is 32.4 Å². The molecule has 156 valence electrons. The van der Waals surface area contributed by atoms with E-state index in [9.17, 15) is 13.2 Å². The molecule has 3 rings (SSSR count). The number of aromatic nitrogens is 1. The predicted molar refractivity (Wildman–Crippen MR) is 113 cm³/mol. The molecular weight excluding hydrogens is 410 g/mol. The highest BCUT2D eigenvalue weighted by molar-refractivity contribution is 7.89. The lowest BCUT2D eigenvalue weighted by molar-refractivity contribution is 0.0931. The lowest BCUT2D eigenvalue weighted by atomic mass is 9.94. The van der Waals surface area contributed by atoms with Crippen LogP contribution in [-0.2, 0) is 16.4 Å². The van der Waals surface area contributed by atoms with E-state index >= 15 is 0 Å². The van der Waals surface area contributed by atoms with E-state index < -0.39 is 10.0 Å². The van der Waals surface area contributed by atoms with Crippen molar-refractivity contribution in [3.8, 4) is 0 Å². The number of amides is 1. The van der Waals surface area contributed by atoms with Gasteiger partial charge in [0.2, 0.25) is 10.0 Å². The minimum Gasteiger partial charge on any atom is -0.349 e. The summed E-state index contributed by atoms with van der Waals surface area (Å²) in [7, 11) is -2.33. The topological polar surface area (TPSA) is 88.2 Å². The second-order valence-corrected chi connectivity index (χ2v) is 9.76. The number of pyridine rings is 1. The van der Waals surface area contributed by atoms with Gasteiger partial charge in [0.15, 0.2) is 0 Å². The number of hydrogen-bond acceptors (Lipinski definition) is 4. The summed E-state index contributed by atoms with van der Waals surface area (Å²) in [6, 6.07) is 7.98. The first kappa shape index (κ1) is 21.7. The summed E-state index contributed by atoms with van der Waals surface area (Å²) in [5.41, 5.74) is 1.26. The van der Waals surface area contributed by atoms with Crippen LogP contribution in [0.25, 0.3) is 0 Å². The highest BCUT2D eigenvalue weighted by atomic mass is 35.5. The van der Waals surface area contributed by atoms with Gasteiger partial charge in [0.1, 0.15) is 0 Å². The Labute approximate surface area is 177 Å². The van der Waals surface area contributed by atoms with E-state index in [0.29, 0.717) is 12.3 Å². The van der Waals surface area contributed by atoms with Crippen molar-refractivity contribution >= 4 is 27.5 Å². The Morgan fingerprint density at radius 3 is 2.55 bits per heavy atom. The minimum atomic E-state index is -3.66. The molecule has 0 radical (unpaired) electrons. The summed E-state index contributed by atoms with van der Waals surface area (Å²) in [5.74, 6) is 0.230. The van der Waals surface area contributed by atoms with Crippen molar-refractivity contribution in [2.24, 2.45) is 5.92 Å². The number of halogens is 1. The number of sulfonamides is 1. The summed E-state index contributed by atoms with van der Waals surface area (Å²) < 4.78 is 26.4. The number of nitrogens with one attached hydrogen (secondary N) is 2. The van der Waals surface area contributed by atoms with E-state index in [-0.39, 0.29) is 27.4 Å². The predicted octanol–water partition coefficient (Wildman–Crippen LogP) is 3.56. The van der Waals surface area contributed by atoms with Gasteiger partial charge < -0.3 is 5.32 Å². The Morgan fingerprint density at radius 2 is 1.90 bits per heavy atom. The minimum absolute atomic E-state index is 0.0102. The molecule has 2 aromatic rings. The lowest BCUT2D eigenvalue weighted by Gasteiger charge is -2.22. The van der Waals surface area contributed by atoms with E-state index in [0.717, 1.165) is 12.0 Å². The molecule has 1 fully saturated rings. The monoisotopic (exact) mass is 435 g/mol. The van der Waals surface area contributed by atoms with Crippen molar-refractivity contribution in [3.05, 3.63) is 58.9 Å². The largest absolute Gasteiger partial charge is 0.349 e. The molecule has 29 heavy (non-hydrogen) atoms. The fourth-order valence-electron chi connectivity index (χ4n) is 3.87. The maximum atomic E-state index is 13.0. The lowest BCUT2D eigenvalue weighted by Crippen LogP contribution is -2.38. The maximum Gasteiger partial charge on any atom is 0.253 e. The van der Waals surface area contributed by atoms with E-state index in [2.05, 4.69) is 15.0 Å². The van der Waals surface area contributed by atoms with Crippen LogP contribution in [0.4, 0.5) is 0 Å². The summed E-state index contributed by atoms with van der Waals surface area (Å²) in [6.45, 7) is 0. The highest BCUT2D eigenvalue weighted by Gasteiger charge is 2.24. The van der Waals surface area contributed by atoms with Crippen molar-refractivity contribution in [2.75, 3.05) is 7.05 Å². The summed E-state index contributed by atoms with van der Waals surface area (Å²) in [4.78, 5) is 17.0. The van der Waals surface area contributed by atoms with E-state index in [1.165, 1.54) is 50.9 Å². The highest BCUT2D eigenvalue weighted by Crippen LogP contribution is 2.29. The molecule has 2 N–H and O–H groups in total. The quantitative estimate of drug-likeness (QED) is 0.663. The van der Waals surface area contributed by atoms with Crippen molar-refractivity contribution in [3.63, 3.8) is 0 Å². The van der Waals surface area contributed by atoms with Gasteiger partial charge in [-0.25, -0.2) is 13.1 Å². The van der Waals surface area contributed by atoms with Crippen LogP contribution in [0.2, 0.25) is 5.02 Å². The number of rotatable bonds is 8. The third-order valence-corrected chi connectivity index (χ3v) is 7.16. The van der Waals surface area contributed by atoms with E-state index in [4.69, 9.17) is 11.6 Å². The summed E-state index contributed by atoms with van der Waals surface area (Å²) in [6.07, 6.45) is 9.89. The van der Waals surface area contributed by atoms with Crippen LogP contribution in [0.15, 0.2) is 47.6 Å². The van der Waals surface area contributed by atoms with Crippen LogP contribution < -0.4 is 10.0 Å². The average molecular weight is 436 g/mol. The number of nitrogens with zero attached hydrogens (tertiary/aromatic N) is 1. The molecule has 1 saturated carbocycles. The van der Waals surface area contributed by atoms with Gasteiger partial charge in [0, 0.05) is 18.4 Å². The van der Waals surface area contributed by atoms with Crippen LogP contribution in [0.1, 0.15) is 48.0 Å². The van der Waals surface area contributed by atoms with Gasteiger partial charge in [0.05, 0.1) is 15.5 Å². The van der Waals surface area contributed by atoms with Crippen LogP contribution in [0.5, 0.6) is 0 Å². The third-order valence-electron chi connectivity index (χ3n) is 5.42. The Morgan fingerprint density at radius 1 is 1.21 bits per heavy atom. The van der Waals surface area contributed by atoms with Crippen LogP contribution >= 0.6 is 11.6 Å². The molecule has 1 aliphatic rings. The fraction of sp³-hybridized carbons (Fsp3) is 0.429. The fourth-order valence-corrected chi connectivity index (χ4v) is 4.83. The number of benzene rings is 1. The Bertz CT molecular complexity index is 945. The molecule has 1 aliphatic carbocycles. The van der Waals surface area contributed by atoms with Gasteiger partial charge in [-0.15, -0.1) is 0 Å². The van der Waals surface area contributed by atoms with E-state index in [1.54, 1.807) is 12.4 Å². The first-order valence-electron chi connectivity index (χ1n) is 9.82. The molecule has 1 amide bonds. The molecule has 0 unspecified atom stereocenters. The molecule has 1 aromatic heterocycles. The van der Waals surface area contributed by atoms with Gasteiger partial charge in [-0.2, -0.15) is 0 Å². The molecule has 1 atom stereocenters. The molecule has 1 heterocycles. The summed E-state index contributed by atoms with van der Waals surface area (Å²) in [5, 5.41) is 3.31. The standard InChI is InChI=1S/C21H26ClN3O3S/c1-23-29(27,28)18-6-7-20(22)19(14-18)21(26)25-17(12-15-4-2-3-5-15)13-16-8-10-24-11-9-16/h6-11,14-15,17,23H,2-5,12-13H2,1H3,(H,25,26)/t17-/m1/s1. The van der Waals surface area contributed by atoms with Crippen molar-refractivity contribution in [2.45, 2.75) is 49.5 Å². The summed E-state index contributed by atoms with van der Waals surface area (Å²) >= 11 is 6.21. The molecule has 1 aromatic carbocycles. The van der Waals surface area contributed by atoms with Crippen molar-refractivity contribution < 1.29 is 13.2 Å². The molecule has 0 saturated heterocycles. The van der Waals surface area contributed by atoms with Gasteiger partial charge in [-0.1, -0.05) is 37.3 Å². The second-order valence-electron chi connectivity index (χ2n) is 7.47. The zero-order chi connectivity index (χ0) is 20.9. The molecule has 0 spiro atoms. The Kier molecular flexibility index (Phi) is 7.27. The van der Waals surface area contributed by atoms with Gasteiger partial charge in [-0.05, 0) is 61.7 Å². The number of hydrogen-bond donors (Lipinski definition) is 2. The van der Waals surface area contributed by atoms with Gasteiger partial charge in [0.25, 0.3) is 5.91 Å². The first-order valence-corrected chi connectivity index (χ1v) is 11.7. The molecular formula is C21H26ClN3O3S. The van der Waals surface area contributed by atoms with Crippen molar-refractivity contribution in [1.82, 2.24) is 15.0 Å². The zero-order valence-corrected chi connectivity index (χ0v) is 18.0. The number of carbonyl (C=O) groups excluding carboxylic acids is 1. The molecule has 6 nitrogen and oxygen atoms in total. The van der Waals surface area contributed by atoms with Crippen LogP contribution in [0, 0.1) is 5.92 Å².